The van der Waals surface area contributed by atoms with Crippen LogP contribution in [0, 0.1) is 5.82 Å². The van der Waals surface area contributed by atoms with Crippen molar-refractivity contribution in [2.45, 2.75) is 18.8 Å². The Morgan fingerprint density at radius 1 is 1.21 bits per heavy atom. The number of nitrogens with one attached hydrogen (secondary N) is 1. The summed E-state index contributed by atoms with van der Waals surface area (Å²) in [6.45, 7) is 1.59. The van der Waals surface area contributed by atoms with E-state index in [2.05, 4.69) is 25.1 Å². The molecule has 7 nitrogen and oxygen atoms in total. The van der Waals surface area contributed by atoms with Crippen LogP contribution in [-0.4, -0.2) is 58.2 Å². The molecule has 1 aliphatic heterocycles. The molecule has 1 amide bonds. The minimum atomic E-state index is -0.256. The molecule has 1 saturated heterocycles. The largest absolute Gasteiger partial charge is 0.355 e. The van der Waals surface area contributed by atoms with E-state index in [9.17, 15) is 9.18 Å². The lowest BCUT2D eigenvalue weighted by Crippen LogP contribution is -2.36. The molecule has 2 aromatic heterocycles. The fraction of sp³-hybridized carbons (Fsp3) is 0.333. The summed E-state index contributed by atoms with van der Waals surface area (Å²) in [4.78, 5) is 24.6. The summed E-state index contributed by atoms with van der Waals surface area (Å²) in [6.07, 6.45) is 6.98. The van der Waals surface area contributed by atoms with Crippen LogP contribution in [-0.2, 0) is 0 Å². The van der Waals surface area contributed by atoms with E-state index in [0.717, 1.165) is 42.8 Å². The summed E-state index contributed by atoms with van der Waals surface area (Å²) >= 11 is 0. The highest BCUT2D eigenvalue weighted by molar-refractivity contribution is 5.91. The number of carbonyl (C=O) groups excluding carboxylic acids is 1. The molecule has 0 bridgehead atoms. The van der Waals surface area contributed by atoms with Crippen molar-refractivity contribution in [1.29, 1.82) is 0 Å². The highest BCUT2D eigenvalue weighted by atomic mass is 19.1. The number of hydrogen-bond acceptors (Lipinski definition) is 5. The van der Waals surface area contributed by atoms with Gasteiger partial charge in [0.05, 0.1) is 18.6 Å². The van der Waals surface area contributed by atoms with Crippen LogP contribution in [0.25, 0.3) is 11.1 Å². The fourth-order valence-electron chi connectivity index (χ4n) is 3.73. The Kier molecular flexibility index (Phi) is 5.24. The van der Waals surface area contributed by atoms with Gasteiger partial charge < -0.3 is 9.80 Å². The van der Waals surface area contributed by atoms with Crippen LogP contribution in [0.2, 0.25) is 0 Å². The lowest BCUT2D eigenvalue weighted by molar-refractivity contribution is 0.0821. The van der Waals surface area contributed by atoms with Gasteiger partial charge >= 0.3 is 0 Å². The van der Waals surface area contributed by atoms with E-state index in [4.69, 9.17) is 0 Å². The van der Waals surface area contributed by atoms with Gasteiger partial charge in [0.1, 0.15) is 17.3 Å². The zero-order valence-electron chi connectivity index (χ0n) is 16.5. The molecule has 1 atom stereocenters. The highest BCUT2D eigenvalue weighted by Gasteiger charge is 2.26. The minimum Gasteiger partial charge on any atom is -0.355 e. The summed E-state index contributed by atoms with van der Waals surface area (Å²) in [6, 6.07) is 6.46. The third-order valence-electron chi connectivity index (χ3n) is 5.22. The van der Waals surface area contributed by atoms with Crippen LogP contribution < -0.4 is 4.90 Å². The van der Waals surface area contributed by atoms with Gasteiger partial charge in [-0.15, -0.1) is 0 Å². The van der Waals surface area contributed by atoms with Crippen LogP contribution in [0.15, 0.2) is 42.9 Å². The van der Waals surface area contributed by atoms with Crippen LogP contribution in [0.3, 0.4) is 0 Å². The SMILES string of the molecule is CN(C)C(=O)c1cncc(N2CCCC(c3[nH]ncc3-c3ccc(F)cc3)C2)n1. The topological polar surface area (TPSA) is 78.0 Å². The first-order valence-corrected chi connectivity index (χ1v) is 9.61. The van der Waals surface area contributed by atoms with E-state index in [-0.39, 0.29) is 17.6 Å². The summed E-state index contributed by atoms with van der Waals surface area (Å²) in [5.74, 6) is 0.500. The molecule has 0 radical (unpaired) electrons. The monoisotopic (exact) mass is 394 g/mol. The molecule has 0 saturated carbocycles. The van der Waals surface area contributed by atoms with E-state index < -0.39 is 0 Å². The van der Waals surface area contributed by atoms with Gasteiger partial charge in [0.25, 0.3) is 5.91 Å². The maximum Gasteiger partial charge on any atom is 0.273 e. The molecule has 1 fully saturated rings. The first-order valence-electron chi connectivity index (χ1n) is 9.61. The molecule has 3 heterocycles. The second kappa shape index (κ2) is 7.98. The Hall–Kier alpha value is -3.29. The molecule has 8 heteroatoms. The Morgan fingerprint density at radius 2 is 2.00 bits per heavy atom. The maximum absolute atomic E-state index is 13.3. The zero-order chi connectivity index (χ0) is 20.4. The van der Waals surface area contributed by atoms with E-state index >= 15 is 0 Å². The first-order chi connectivity index (χ1) is 14.0. The van der Waals surface area contributed by atoms with E-state index in [1.165, 1.54) is 23.2 Å². The molecule has 1 unspecified atom stereocenters. The van der Waals surface area contributed by atoms with Crippen molar-refractivity contribution in [3.63, 3.8) is 0 Å². The van der Waals surface area contributed by atoms with Gasteiger partial charge in [-0.3, -0.25) is 14.9 Å². The lowest BCUT2D eigenvalue weighted by Gasteiger charge is -2.33. The van der Waals surface area contributed by atoms with E-state index in [0.29, 0.717) is 11.5 Å². The number of anilines is 1. The number of amides is 1. The number of rotatable bonds is 4. The molecule has 150 valence electrons. The zero-order valence-corrected chi connectivity index (χ0v) is 16.5. The van der Waals surface area contributed by atoms with Gasteiger partial charge in [0.2, 0.25) is 0 Å². The number of hydrogen-bond donors (Lipinski definition) is 1. The first kappa shape index (κ1) is 19.0. The Labute approximate surface area is 168 Å². The third-order valence-corrected chi connectivity index (χ3v) is 5.22. The number of halogens is 1. The standard InChI is InChI=1S/C21H23FN6O/c1-27(2)21(29)18-11-23-12-19(25-18)28-9-3-4-15(13-28)20-17(10-24-26-20)14-5-7-16(22)8-6-14/h5-8,10-12,15H,3-4,9,13H2,1-2H3,(H,24,26). The van der Waals surface area contributed by atoms with Gasteiger partial charge in [-0.2, -0.15) is 5.10 Å². The third kappa shape index (κ3) is 3.96. The van der Waals surface area contributed by atoms with Crippen molar-refractivity contribution in [2.24, 2.45) is 0 Å². The molecule has 0 spiro atoms. The van der Waals surface area contributed by atoms with Gasteiger partial charge in [-0.25, -0.2) is 9.37 Å². The molecule has 4 rings (SSSR count). The smallest absolute Gasteiger partial charge is 0.273 e. The second-order valence-corrected chi connectivity index (χ2v) is 7.45. The maximum atomic E-state index is 13.3. The molecular weight excluding hydrogens is 371 g/mol. The van der Waals surface area contributed by atoms with Crippen LogP contribution in [0.1, 0.15) is 34.9 Å². The molecule has 3 aromatic rings. The number of aromatic amines is 1. The summed E-state index contributed by atoms with van der Waals surface area (Å²) in [5, 5.41) is 7.37. The molecule has 0 aliphatic carbocycles. The number of nitrogens with zero attached hydrogens (tertiary/aromatic N) is 5. The Morgan fingerprint density at radius 3 is 2.76 bits per heavy atom. The lowest BCUT2D eigenvalue weighted by atomic mass is 9.90. The fourth-order valence-corrected chi connectivity index (χ4v) is 3.73. The van der Waals surface area contributed by atoms with Crippen molar-refractivity contribution >= 4 is 11.7 Å². The van der Waals surface area contributed by atoms with Crippen molar-refractivity contribution in [2.75, 3.05) is 32.1 Å². The number of piperidine rings is 1. The second-order valence-electron chi connectivity index (χ2n) is 7.45. The van der Waals surface area contributed by atoms with Crippen molar-refractivity contribution in [1.82, 2.24) is 25.1 Å². The van der Waals surface area contributed by atoms with Gasteiger partial charge in [-0.1, -0.05) is 12.1 Å². The van der Waals surface area contributed by atoms with Crippen molar-refractivity contribution < 1.29 is 9.18 Å². The molecule has 1 aromatic carbocycles. The Balaban J connectivity index is 1.57. The normalized spacial score (nSPS) is 16.7. The molecule has 29 heavy (non-hydrogen) atoms. The summed E-state index contributed by atoms with van der Waals surface area (Å²) in [5.41, 5.74) is 3.29. The van der Waals surface area contributed by atoms with Gasteiger partial charge in [0.15, 0.2) is 0 Å². The van der Waals surface area contributed by atoms with E-state index in [1.54, 1.807) is 38.6 Å². The van der Waals surface area contributed by atoms with E-state index in [1.807, 2.05) is 0 Å². The van der Waals surface area contributed by atoms with Gasteiger partial charge in [0, 0.05) is 44.4 Å². The number of H-pyrrole nitrogens is 1. The quantitative estimate of drug-likeness (QED) is 0.736. The number of benzene rings is 1. The number of carbonyl (C=O) groups is 1. The highest BCUT2D eigenvalue weighted by Crippen LogP contribution is 2.34. The summed E-state index contributed by atoms with van der Waals surface area (Å²) in [7, 11) is 3.39. The van der Waals surface area contributed by atoms with Crippen LogP contribution in [0.4, 0.5) is 10.2 Å². The van der Waals surface area contributed by atoms with Crippen molar-refractivity contribution in [3.05, 3.63) is 60.1 Å². The van der Waals surface area contributed by atoms with Crippen molar-refractivity contribution in [3.8, 4) is 11.1 Å². The van der Waals surface area contributed by atoms with Crippen LogP contribution >= 0.6 is 0 Å². The predicted octanol–water partition coefficient (Wildman–Crippen LogP) is 3.09. The molecule has 1 aliphatic rings. The minimum absolute atomic E-state index is 0.167. The molecule has 1 N–H and O–H groups in total. The van der Waals surface area contributed by atoms with Crippen LogP contribution in [0.5, 0.6) is 0 Å². The average Bonchev–Trinajstić information content (AvgIpc) is 3.24. The predicted molar refractivity (Wildman–Crippen MR) is 108 cm³/mol. The summed E-state index contributed by atoms with van der Waals surface area (Å²) < 4.78 is 13.3. The van der Waals surface area contributed by atoms with Gasteiger partial charge in [-0.05, 0) is 30.5 Å². The number of aromatic nitrogens is 4. The Bertz CT molecular complexity index is 1000. The average molecular weight is 394 g/mol. The molecular formula is C21H23FN6O.